The number of rotatable bonds is 10. The summed E-state index contributed by atoms with van der Waals surface area (Å²) in [5.41, 5.74) is -0.689. The molecule has 1 saturated carbocycles. The number of nitrogens with zero attached hydrogens (tertiary/aromatic N) is 3. The predicted octanol–water partition coefficient (Wildman–Crippen LogP) is 5.50. The van der Waals surface area contributed by atoms with Gasteiger partial charge in [0.2, 0.25) is 28.9 Å². The summed E-state index contributed by atoms with van der Waals surface area (Å²) in [6, 6.07) is 8.53. The van der Waals surface area contributed by atoms with Crippen molar-refractivity contribution in [2.45, 2.75) is 31.3 Å². The summed E-state index contributed by atoms with van der Waals surface area (Å²) in [5, 5.41) is 6.83. The van der Waals surface area contributed by atoms with E-state index in [-0.39, 0.29) is 17.5 Å². The molecule has 0 spiro atoms. The van der Waals surface area contributed by atoms with Crippen LogP contribution >= 0.6 is 0 Å². The Morgan fingerprint density at radius 3 is 2.55 bits per heavy atom. The molecule has 1 aliphatic carbocycles. The molecule has 4 aromatic rings. The van der Waals surface area contributed by atoms with Crippen LogP contribution in [0.1, 0.15) is 36.4 Å². The van der Waals surface area contributed by atoms with Crippen molar-refractivity contribution in [1.29, 1.82) is 0 Å². The number of anilines is 1. The highest BCUT2D eigenvalue weighted by Gasteiger charge is 2.35. The molecule has 0 radical (unpaired) electrons. The van der Waals surface area contributed by atoms with E-state index in [2.05, 4.69) is 25.6 Å². The maximum Gasteiger partial charge on any atom is 0.232 e. The summed E-state index contributed by atoms with van der Waals surface area (Å²) in [7, 11) is 0. The first-order chi connectivity index (χ1) is 21.3. The molecule has 1 aliphatic heterocycles. The van der Waals surface area contributed by atoms with Crippen LogP contribution in [0.3, 0.4) is 0 Å². The Balaban J connectivity index is 1.28. The maximum atomic E-state index is 15.4. The van der Waals surface area contributed by atoms with Gasteiger partial charge in [0, 0.05) is 42.2 Å². The number of benzene rings is 2. The summed E-state index contributed by atoms with van der Waals surface area (Å²) < 4.78 is 89.2. The fourth-order valence-electron chi connectivity index (χ4n) is 5.56. The fourth-order valence-corrected chi connectivity index (χ4v) is 6.00. The van der Waals surface area contributed by atoms with Crippen molar-refractivity contribution < 1.29 is 31.1 Å². The summed E-state index contributed by atoms with van der Waals surface area (Å²) >= 11 is -2.83. The quantitative estimate of drug-likeness (QED) is 0.103. The van der Waals surface area contributed by atoms with Gasteiger partial charge in [-0.05, 0) is 61.9 Å². The van der Waals surface area contributed by atoms with Gasteiger partial charge < -0.3 is 15.4 Å². The van der Waals surface area contributed by atoms with Gasteiger partial charge in [-0.15, -0.1) is 0 Å². The Hall–Kier alpha value is -3.98. The minimum Gasteiger partial charge on any atom is -0.435 e. The molecule has 4 unspecified atom stereocenters. The molecule has 2 aromatic carbocycles. The molecule has 0 amide bonds. The van der Waals surface area contributed by atoms with Crippen LogP contribution in [0.4, 0.5) is 23.5 Å². The number of halogens is 4. The normalized spacial score (nSPS) is 19.8. The van der Waals surface area contributed by atoms with Crippen LogP contribution < -0.4 is 20.1 Å². The van der Waals surface area contributed by atoms with Crippen molar-refractivity contribution in [3.63, 3.8) is 0 Å². The Labute approximate surface area is 252 Å². The average Bonchev–Trinajstić information content (AvgIpc) is 3.86. The van der Waals surface area contributed by atoms with Gasteiger partial charge >= 0.3 is 0 Å². The molecule has 6 rings (SSSR count). The third-order valence-electron chi connectivity index (χ3n) is 7.80. The minimum atomic E-state index is -2.83. The van der Waals surface area contributed by atoms with Crippen molar-refractivity contribution in [2.75, 3.05) is 18.4 Å². The molecule has 1 saturated heterocycles. The van der Waals surface area contributed by atoms with E-state index < -0.39 is 51.9 Å². The Morgan fingerprint density at radius 2 is 1.77 bits per heavy atom. The molecule has 2 aromatic heterocycles. The van der Waals surface area contributed by atoms with Crippen LogP contribution in [0.5, 0.6) is 11.6 Å². The van der Waals surface area contributed by atoms with Crippen molar-refractivity contribution in [1.82, 2.24) is 25.0 Å². The largest absolute Gasteiger partial charge is 0.435 e. The van der Waals surface area contributed by atoms with E-state index >= 15 is 13.2 Å². The van der Waals surface area contributed by atoms with Crippen LogP contribution in [-0.2, 0) is 11.3 Å². The summed E-state index contributed by atoms with van der Waals surface area (Å²) in [4.78, 5) is 13.0. The highest BCUT2D eigenvalue weighted by Crippen LogP contribution is 2.40. The number of aromatic nitrogens is 3. The summed E-state index contributed by atoms with van der Waals surface area (Å²) in [6.45, 7) is 1.77. The van der Waals surface area contributed by atoms with Crippen LogP contribution in [0.15, 0.2) is 60.9 Å². The van der Waals surface area contributed by atoms with Crippen molar-refractivity contribution >= 4 is 17.2 Å². The Morgan fingerprint density at radius 1 is 0.955 bits per heavy atom. The van der Waals surface area contributed by atoms with Crippen LogP contribution in [0.2, 0.25) is 0 Å². The zero-order valence-electron chi connectivity index (χ0n) is 23.1. The average molecular weight is 629 g/mol. The van der Waals surface area contributed by atoms with E-state index in [1.807, 2.05) is 4.72 Å². The molecule has 230 valence electrons. The first-order valence-electron chi connectivity index (χ1n) is 14.0. The highest BCUT2D eigenvalue weighted by molar-refractivity contribution is 7.77. The van der Waals surface area contributed by atoms with Crippen molar-refractivity contribution in [3.8, 4) is 22.9 Å². The van der Waals surface area contributed by atoms with E-state index in [9.17, 15) is 13.2 Å². The SMILES string of the molecule is O=S(O)NC(c1ccccc1F)c1c(F)cc(Oc2ncccc2-c2ccnc(NC3CNCC(C4CC4)C3)n2)c(F)c1F. The number of hydrogen-bond acceptors (Lipinski definition) is 7. The van der Waals surface area contributed by atoms with E-state index in [1.165, 1.54) is 31.2 Å². The number of piperidine rings is 1. The summed E-state index contributed by atoms with van der Waals surface area (Å²) in [6.07, 6.45) is 6.43. The first-order valence-corrected chi connectivity index (χ1v) is 15.1. The smallest absolute Gasteiger partial charge is 0.232 e. The van der Waals surface area contributed by atoms with Gasteiger partial charge in [-0.2, -0.15) is 4.39 Å². The topological polar surface area (TPSA) is 121 Å². The lowest BCUT2D eigenvalue weighted by Gasteiger charge is -2.30. The zero-order chi connectivity index (χ0) is 30.8. The number of pyridine rings is 1. The van der Waals surface area contributed by atoms with Gasteiger partial charge in [-0.3, -0.25) is 4.55 Å². The van der Waals surface area contributed by atoms with Crippen molar-refractivity contribution in [2.24, 2.45) is 11.8 Å². The van der Waals surface area contributed by atoms with E-state index in [0.29, 0.717) is 29.2 Å². The van der Waals surface area contributed by atoms with Gasteiger partial charge in [0.1, 0.15) is 11.6 Å². The van der Waals surface area contributed by atoms with Crippen molar-refractivity contribution in [3.05, 3.63) is 95.3 Å². The number of nitrogens with one attached hydrogen (secondary N) is 3. The number of ether oxygens (including phenoxy) is 1. The monoisotopic (exact) mass is 628 g/mol. The fraction of sp³-hybridized carbons (Fsp3) is 0.300. The lowest BCUT2D eigenvalue weighted by atomic mass is 9.91. The number of hydrogen-bond donors (Lipinski definition) is 4. The van der Waals surface area contributed by atoms with Crippen LogP contribution in [0.25, 0.3) is 11.3 Å². The van der Waals surface area contributed by atoms with Gasteiger partial charge in [-0.1, -0.05) is 18.2 Å². The summed E-state index contributed by atoms with van der Waals surface area (Å²) in [5.74, 6) is -4.89. The molecule has 14 heteroatoms. The van der Waals surface area contributed by atoms with E-state index in [0.717, 1.165) is 37.6 Å². The molecular weight excluding hydrogens is 600 g/mol. The van der Waals surface area contributed by atoms with Crippen LogP contribution in [0, 0.1) is 35.1 Å². The van der Waals surface area contributed by atoms with E-state index in [4.69, 9.17) is 4.74 Å². The third kappa shape index (κ3) is 6.58. The standard InChI is InChI=1S/C30H28F4N6O3S/c31-21-6-2-1-4-19(21)28(40-44(41)42)25-22(32)13-24(26(33)27(25)34)43-29-20(5-3-10-36-29)23-9-11-37-30(39-23)38-18-12-17(14-35-15-18)16-7-8-16/h1-6,9-11,13,16-18,28,35,40H,7-8,12,14-15H2,(H,41,42)(H,37,38,39). The second kappa shape index (κ2) is 12.9. The van der Waals surface area contributed by atoms with Gasteiger partial charge in [-0.25, -0.2) is 37.1 Å². The molecule has 0 bridgehead atoms. The molecule has 3 heterocycles. The lowest BCUT2D eigenvalue weighted by molar-refractivity contribution is 0.321. The van der Waals surface area contributed by atoms with E-state index in [1.54, 1.807) is 24.4 Å². The lowest BCUT2D eigenvalue weighted by Crippen LogP contribution is -2.44. The minimum absolute atomic E-state index is 0.138. The Bertz CT molecular complexity index is 1690. The molecule has 9 nitrogen and oxygen atoms in total. The molecule has 4 N–H and O–H groups in total. The first kappa shape index (κ1) is 30.1. The zero-order valence-corrected chi connectivity index (χ0v) is 24.0. The highest BCUT2D eigenvalue weighted by atomic mass is 32.2. The molecule has 44 heavy (non-hydrogen) atoms. The van der Waals surface area contributed by atoms with Gasteiger partial charge in [0.05, 0.1) is 17.3 Å². The maximum absolute atomic E-state index is 15.4. The molecule has 2 aliphatic rings. The second-order valence-corrected chi connectivity index (χ2v) is 11.5. The molecule has 2 fully saturated rings. The third-order valence-corrected chi connectivity index (χ3v) is 8.24. The Kier molecular flexibility index (Phi) is 8.84. The van der Waals surface area contributed by atoms with Crippen LogP contribution in [-0.4, -0.2) is 42.8 Å². The predicted molar refractivity (Wildman–Crippen MR) is 155 cm³/mol. The molecular formula is C30H28F4N6O3S. The van der Waals surface area contributed by atoms with Gasteiger partial charge in [0.25, 0.3) is 0 Å². The second-order valence-electron chi connectivity index (χ2n) is 10.8. The molecule has 4 atom stereocenters. The van der Waals surface area contributed by atoms with Gasteiger partial charge in [0.15, 0.2) is 11.6 Å².